The van der Waals surface area contributed by atoms with Crippen LogP contribution in [0.1, 0.15) is 113 Å². The minimum Gasteiger partial charge on any atom is -0.507 e. The number of hydrogen-bond acceptors (Lipinski definition) is 5. The molecule has 0 aliphatic rings. The molecule has 2 aromatic rings. The minimum atomic E-state index is -2.44. The highest BCUT2D eigenvalue weighted by molar-refractivity contribution is 7.33. The zero-order valence-corrected chi connectivity index (χ0v) is 26.0. The van der Waals surface area contributed by atoms with Gasteiger partial charge in [0.1, 0.15) is 11.5 Å². The summed E-state index contributed by atoms with van der Waals surface area (Å²) in [4.78, 5) is 0. The first-order valence-corrected chi connectivity index (χ1v) is 15.4. The smallest absolute Gasteiger partial charge is 0.319 e. The third kappa shape index (κ3) is 10.4. The first-order chi connectivity index (χ1) is 17.7. The lowest BCUT2D eigenvalue weighted by molar-refractivity contribution is 0.218. The maximum Gasteiger partial charge on any atom is 0.319 e. The van der Waals surface area contributed by atoms with E-state index in [2.05, 4.69) is 65.8 Å². The van der Waals surface area contributed by atoms with Gasteiger partial charge in [-0.3, -0.25) is 4.57 Å². The fraction of sp³-hybridized carbons (Fsp3) is 0.625. The lowest BCUT2D eigenvalue weighted by Gasteiger charge is -2.22. The van der Waals surface area contributed by atoms with E-state index in [-0.39, 0.29) is 10.8 Å². The monoisotopic (exact) mass is 546 g/mol. The summed E-state index contributed by atoms with van der Waals surface area (Å²) >= 11 is 0. The van der Waals surface area contributed by atoms with Crippen LogP contribution in [0.3, 0.4) is 0 Å². The predicted octanol–water partition coefficient (Wildman–Crippen LogP) is 8.86. The lowest BCUT2D eigenvalue weighted by atomic mass is 9.83. The maximum atomic E-state index is 12.0. The van der Waals surface area contributed by atoms with Gasteiger partial charge in [-0.05, 0) is 96.6 Å². The average molecular weight is 547 g/mol. The summed E-state index contributed by atoms with van der Waals surface area (Å²) in [5, 5.41) is 20.8. The summed E-state index contributed by atoms with van der Waals surface area (Å²) in [6.07, 6.45) is 7.65. The van der Waals surface area contributed by atoms with E-state index in [4.69, 9.17) is 9.05 Å². The summed E-state index contributed by atoms with van der Waals surface area (Å²) in [6.45, 7) is 17.5. The molecule has 2 rings (SSSR count). The molecule has 0 radical (unpaired) electrons. The second-order valence-corrected chi connectivity index (χ2v) is 13.8. The SMILES string of the molecule is Cc1cc(CCCCCO[PH](=O)OCCCCCc2cc(C)c(O)c(C(C)(C)C)c2)cc(C(C)(C)C)c1O. The Morgan fingerprint density at radius 2 is 1.00 bits per heavy atom. The third-order valence-corrected chi connectivity index (χ3v) is 7.88. The molecule has 0 aliphatic carbocycles. The van der Waals surface area contributed by atoms with E-state index in [1.807, 2.05) is 13.8 Å². The van der Waals surface area contributed by atoms with Gasteiger partial charge in [-0.1, -0.05) is 78.6 Å². The number of hydrogen-bond donors (Lipinski definition) is 2. The van der Waals surface area contributed by atoms with Crippen molar-refractivity contribution in [3.8, 4) is 11.5 Å². The Bertz CT molecular complexity index is 979. The summed E-state index contributed by atoms with van der Waals surface area (Å²) in [7, 11) is -2.44. The van der Waals surface area contributed by atoms with Crippen molar-refractivity contribution < 1.29 is 23.8 Å². The van der Waals surface area contributed by atoms with Crippen LogP contribution in [0.5, 0.6) is 11.5 Å². The number of phenols is 2. The standard InChI is InChI=1S/C32H51O5P/c1-23-19-25(21-27(29(23)33)31(3,4)5)15-11-9-13-17-36-38(35)37-18-14-10-12-16-26-20-24(2)30(34)28(22-26)32(6,7)8/h19-22,33-34,38H,9-18H2,1-8H3. The molecule has 0 amide bonds. The van der Waals surface area contributed by atoms with E-state index in [9.17, 15) is 14.8 Å². The highest BCUT2D eigenvalue weighted by Crippen LogP contribution is 2.35. The zero-order chi connectivity index (χ0) is 28.5. The molecular formula is C32H51O5P. The van der Waals surface area contributed by atoms with Crippen LogP contribution in [0.2, 0.25) is 0 Å². The van der Waals surface area contributed by atoms with Gasteiger partial charge in [0.2, 0.25) is 0 Å². The number of aromatic hydroxyl groups is 2. The summed E-state index contributed by atoms with van der Waals surface area (Å²) in [6, 6.07) is 8.39. The van der Waals surface area contributed by atoms with Gasteiger partial charge in [-0.2, -0.15) is 0 Å². The third-order valence-electron chi connectivity index (χ3n) is 7.00. The van der Waals surface area contributed by atoms with Crippen molar-refractivity contribution in [2.75, 3.05) is 13.2 Å². The second-order valence-electron chi connectivity index (χ2n) is 12.7. The van der Waals surface area contributed by atoms with Gasteiger partial charge in [0.15, 0.2) is 0 Å². The quantitative estimate of drug-likeness (QED) is 0.183. The largest absolute Gasteiger partial charge is 0.507 e. The highest BCUT2D eigenvalue weighted by atomic mass is 31.1. The molecule has 0 fully saturated rings. The molecule has 6 heteroatoms. The number of benzene rings is 2. The molecule has 0 saturated heterocycles. The number of aryl methyl sites for hydroxylation is 4. The Labute approximate surface area is 231 Å². The van der Waals surface area contributed by atoms with Crippen LogP contribution in [0, 0.1) is 13.8 Å². The predicted molar refractivity (Wildman–Crippen MR) is 159 cm³/mol. The molecule has 0 aliphatic heterocycles. The number of rotatable bonds is 14. The van der Waals surface area contributed by atoms with Gasteiger partial charge in [0.05, 0.1) is 13.2 Å². The molecule has 0 aromatic heterocycles. The molecule has 0 heterocycles. The van der Waals surface area contributed by atoms with Gasteiger partial charge in [0, 0.05) is 0 Å². The second kappa shape index (κ2) is 14.5. The van der Waals surface area contributed by atoms with Crippen molar-refractivity contribution in [3.63, 3.8) is 0 Å². The van der Waals surface area contributed by atoms with Crippen LogP contribution in [-0.2, 0) is 37.3 Å². The Morgan fingerprint density at radius 1 is 0.632 bits per heavy atom. The van der Waals surface area contributed by atoms with Gasteiger partial charge in [-0.25, -0.2) is 0 Å². The fourth-order valence-corrected chi connectivity index (χ4v) is 5.41. The molecule has 5 nitrogen and oxygen atoms in total. The van der Waals surface area contributed by atoms with Crippen LogP contribution in [0.15, 0.2) is 24.3 Å². The normalized spacial score (nSPS) is 12.4. The van der Waals surface area contributed by atoms with Gasteiger partial charge < -0.3 is 19.3 Å². The van der Waals surface area contributed by atoms with Crippen LogP contribution < -0.4 is 0 Å². The van der Waals surface area contributed by atoms with E-state index in [1.165, 1.54) is 11.1 Å². The van der Waals surface area contributed by atoms with Crippen molar-refractivity contribution in [2.24, 2.45) is 0 Å². The Balaban J connectivity index is 1.58. The number of phenolic OH excluding ortho intramolecular Hbond substituents is 2. The van der Waals surface area contributed by atoms with Crippen molar-refractivity contribution in [1.82, 2.24) is 0 Å². The minimum absolute atomic E-state index is 0.0900. The van der Waals surface area contributed by atoms with Crippen LogP contribution in [0.25, 0.3) is 0 Å². The lowest BCUT2D eigenvalue weighted by Crippen LogP contribution is -2.12. The summed E-state index contributed by atoms with van der Waals surface area (Å²) in [5.41, 5.74) is 6.17. The Morgan fingerprint density at radius 3 is 1.34 bits per heavy atom. The Kier molecular flexibility index (Phi) is 12.4. The average Bonchev–Trinajstić information content (AvgIpc) is 2.81. The fourth-order valence-electron chi connectivity index (χ4n) is 4.71. The molecule has 0 bridgehead atoms. The van der Waals surface area contributed by atoms with E-state index < -0.39 is 8.25 Å². The molecule has 2 aromatic carbocycles. The molecule has 0 atom stereocenters. The van der Waals surface area contributed by atoms with Crippen molar-refractivity contribution in [3.05, 3.63) is 57.6 Å². The van der Waals surface area contributed by atoms with Crippen molar-refractivity contribution in [2.45, 2.75) is 118 Å². The molecule has 38 heavy (non-hydrogen) atoms. The molecule has 2 N–H and O–H groups in total. The first kappa shape index (κ1) is 32.4. The zero-order valence-electron chi connectivity index (χ0n) is 25.0. The van der Waals surface area contributed by atoms with Gasteiger partial charge in [0.25, 0.3) is 0 Å². The van der Waals surface area contributed by atoms with Crippen molar-refractivity contribution in [1.29, 1.82) is 0 Å². The van der Waals surface area contributed by atoms with Gasteiger partial charge >= 0.3 is 8.25 Å². The molecule has 0 unspecified atom stereocenters. The highest BCUT2D eigenvalue weighted by Gasteiger charge is 2.21. The van der Waals surface area contributed by atoms with Crippen LogP contribution in [0.4, 0.5) is 0 Å². The summed E-state index contributed by atoms with van der Waals surface area (Å²) < 4.78 is 22.9. The van der Waals surface area contributed by atoms with E-state index in [0.717, 1.165) is 73.6 Å². The topological polar surface area (TPSA) is 76.0 Å². The molecule has 0 spiro atoms. The molecule has 214 valence electrons. The first-order valence-electron chi connectivity index (χ1n) is 14.2. The van der Waals surface area contributed by atoms with Crippen LogP contribution in [-0.4, -0.2) is 23.4 Å². The maximum absolute atomic E-state index is 12.0. The Hall–Kier alpha value is -1.81. The molecular weight excluding hydrogens is 495 g/mol. The van der Waals surface area contributed by atoms with E-state index >= 15 is 0 Å². The van der Waals surface area contributed by atoms with Crippen molar-refractivity contribution >= 4 is 8.25 Å². The van der Waals surface area contributed by atoms with Crippen LogP contribution >= 0.6 is 8.25 Å². The van der Waals surface area contributed by atoms with E-state index in [0.29, 0.717) is 24.7 Å². The van der Waals surface area contributed by atoms with E-state index in [1.54, 1.807) is 0 Å². The molecule has 0 saturated carbocycles. The van der Waals surface area contributed by atoms with Gasteiger partial charge in [-0.15, -0.1) is 0 Å². The summed E-state index contributed by atoms with van der Waals surface area (Å²) in [5.74, 6) is 0.809. The number of unbranched alkanes of at least 4 members (excludes halogenated alkanes) is 4.